The second kappa shape index (κ2) is 12.3. The molecule has 0 bridgehead atoms. The molecule has 2 aliphatic rings. The summed E-state index contributed by atoms with van der Waals surface area (Å²) in [5.41, 5.74) is 6.33. The van der Waals surface area contributed by atoms with Crippen LogP contribution in [-0.2, 0) is 4.74 Å². The van der Waals surface area contributed by atoms with Gasteiger partial charge in [-0.3, -0.25) is 0 Å². The Morgan fingerprint density at radius 1 is 0.902 bits per heavy atom. The van der Waals surface area contributed by atoms with Crippen molar-refractivity contribution in [2.45, 2.75) is 18.9 Å². The zero-order valence-corrected chi connectivity index (χ0v) is 24.0. The summed E-state index contributed by atoms with van der Waals surface area (Å²) in [7, 11) is 2.01. The maximum Gasteiger partial charge on any atom is 0.229 e. The van der Waals surface area contributed by atoms with E-state index in [1.165, 1.54) is 0 Å². The van der Waals surface area contributed by atoms with Gasteiger partial charge < -0.3 is 29.9 Å². The Morgan fingerprint density at radius 3 is 2.39 bits per heavy atom. The Kier molecular flexibility index (Phi) is 8.23. The van der Waals surface area contributed by atoms with E-state index in [4.69, 9.17) is 21.3 Å². The molecule has 9 heteroatoms. The quantitative estimate of drug-likeness (QED) is 0.276. The predicted molar refractivity (Wildman–Crippen MR) is 167 cm³/mol. The van der Waals surface area contributed by atoms with Crippen LogP contribution >= 0.6 is 11.6 Å². The van der Waals surface area contributed by atoms with Crippen LogP contribution in [0.1, 0.15) is 12.8 Å². The Balaban J connectivity index is 1.29. The lowest BCUT2D eigenvalue weighted by molar-refractivity contribution is 0.122. The van der Waals surface area contributed by atoms with Crippen LogP contribution in [0, 0.1) is 0 Å². The van der Waals surface area contributed by atoms with Crippen molar-refractivity contribution in [3.63, 3.8) is 0 Å². The van der Waals surface area contributed by atoms with Gasteiger partial charge in [0.15, 0.2) is 0 Å². The fourth-order valence-electron chi connectivity index (χ4n) is 5.49. The summed E-state index contributed by atoms with van der Waals surface area (Å²) < 4.78 is 5.59. The molecule has 0 saturated carbocycles. The first-order chi connectivity index (χ1) is 20.0. The minimum absolute atomic E-state index is 0.219. The molecule has 41 heavy (non-hydrogen) atoms. The molecule has 1 aromatic heterocycles. The largest absolute Gasteiger partial charge is 0.393 e. The number of hydrogen-bond acceptors (Lipinski definition) is 8. The van der Waals surface area contributed by atoms with Gasteiger partial charge in [0.2, 0.25) is 5.95 Å². The van der Waals surface area contributed by atoms with Crippen LogP contribution < -0.4 is 20.0 Å². The van der Waals surface area contributed by atoms with Crippen molar-refractivity contribution in [3.8, 4) is 11.1 Å². The molecule has 0 unspecified atom stereocenters. The lowest BCUT2D eigenvalue weighted by Crippen LogP contribution is -2.37. The van der Waals surface area contributed by atoms with E-state index in [0.29, 0.717) is 11.0 Å². The van der Waals surface area contributed by atoms with Gasteiger partial charge in [-0.1, -0.05) is 41.9 Å². The van der Waals surface area contributed by atoms with Crippen LogP contribution in [0.3, 0.4) is 0 Å². The summed E-state index contributed by atoms with van der Waals surface area (Å²) in [6.45, 7) is 4.80. The highest BCUT2D eigenvalue weighted by Gasteiger charge is 2.20. The number of anilines is 6. The number of morpholine rings is 1. The number of benzene rings is 3. The van der Waals surface area contributed by atoms with Crippen molar-refractivity contribution in [1.29, 1.82) is 0 Å². The van der Waals surface area contributed by atoms with E-state index in [2.05, 4.69) is 61.4 Å². The minimum atomic E-state index is -0.219. The van der Waals surface area contributed by atoms with E-state index in [9.17, 15) is 5.11 Å². The first-order valence-electron chi connectivity index (χ1n) is 14.1. The maximum atomic E-state index is 10.0. The molecule has 2 N–H and O–H groups in total. The third-order valence-corrected chi connectivity index (χ3v) is 7.99. The maximum absolute atomic E-state index is 10.0. The van der Waals surface area contributed by atoms with Crippen LogP contribution in [0.2, 0.25) is 5.02 Å². The van der Waals surface area contributed by atoms with Crippen LogP contribution in [0.5, 0.6) is 0 Å². The van der Waals surface area contributed by atoms with E-state index in [1.54, 1.807) is 6.20 Å². The lowest BCUT2D eigenvalue weighted by Gasteiger charge is -2.34. The normalized spacial score (nSPS) is 16.1. The van der Waals surface area contributed by atoms with E-state index >= 15 is 0 Å². The number of ether oxygens (including phenoxy) is 1. The molecule has 6 rings (SSSR count). The van der Waals surface area contributed by atoms with Crippen molar-refractivity contribution in [2.75, 3.05) is 66.5 Å². The number of aliphatic hydroxyl groups is 1. The number of hydrogen-bond donors (Lipinski definition) is 2. The summed E-state index contributed by atoms with van der Waals surface area (Å²) >= 11 is 6.30. The van der Waals surface area contributed by atoms with E-state index in [-0.39, 0.29) is 6.10 Å². The molecule has 2 saturated heterocycles. The Bertz CT molecular complexity index is 1490. The van der Waals surface area contributed by atoms with Crippen molar-refractivity contribution in [2.24, 2.45) is 0 Å². The number of rotatable bonds is 7. The second-order valence-electron chi connectivity index (χ2n) is 10.5. The number of aliphatic hydroxyl groups excluding tert-OH is 1. The number of piperidine rings is 1. The number of halogens is 1. The topological polar surface area (TPSA) is 77.0 Å². The molecule has 3 heterocycles. The van der Waals surface area contributed by atoms with Gasteiger partial charge in [0.1, 0.15) is 5.82 Å². The van der Waals surface area contributed by atoms with Crippen molar-refractivity contribution in [1.82, 2.24) is 9.97 Å². The van der Waals surface area contributed by atoms with Crippen molar-refractivity contribution >= 4 is 46.1 Å². The number of aromatic nitrogens is 2. The van der Waals surface area contributed by atoms with E-state index < -0.39 is 0 Å². The van der Waals surface area contributed by atoms with Gasteiger partial charge in [0, 0.05) is 72.8 Å². The Hall–Kier alpha value is -3.85. The molecule has 3 aromatic carbocycles. The predicted octanol–water partition coefficient (Wildman–Crippen LogP) is 6.11. The molecule has 0 radical (unpaired) electrons. The molecule has 0 atom stereocenters. The van der Waals surface area contributed by atoms with Gasteiger partial charge in [-0.25, -0.2) is 4.98 Å². The third-order valence-electron chi connectivity index (χ3n) is 7.75. The zero-order valence-electron chi connectivity index (χ0n) is 23.2. The average molecular weight is 571 g/mol. The third kappa shape index (κ3) is 6.40. The minimum Gasteiger partial charge on any atom is -0.393 e. The SMILES string of the molecule is CN(c1ccnc(Nc2cc(N3CCOCC3)cc(N3CCC(O)CC3)c2)n1)c1ccccc1-c1cccc(Cl)c1. The number of nitrogens with one attached hydrogen (secondary N) is 1. The fourth-order valence-corrected chi connectivity index (χ4v) is 5.68. The summed E-state index contributed by atoms with van der Waals surface area (Å²) in [6.07, 6.45) is 3.11. The second-order valence-corrected chi connectivity index (χ2v) is 10.9. The molecule has 2 aliphatic heterocycles. The molecule has 4 aromatic rings. The van der Waals surface area contributed by atoms with Gasteiger partial charge >= 0.3 is 0 Å². The van der Waals surface area contributed by atoms with Crippen molar-refractivity contribution < 1.29 is 9.84 Å². The highest BCUT2D eigenvalue weighted by Crippen LogP contribution is 2.35. The zero-order chi connectivity index (χ0) is 28.2. The summed E-state index contributed by atoms with van der Waals surface area (Å²) in [5, 5.41) is 14.2. The van der Waals surface area contributed by atoms with Gasteiger partial charge in [0.05, 0.1) is 19.3 Å². The highest BCUT2D eigenvalue weighted by molar-refractivity contribution is 6.30. The lowest BCUT2D eigenvalue weighted by atomic mass is 10.0. The number of nitrogens with zero attached hydrogens (tertiary/aromatic N) is 5. The van der Waals surface area contributed by atoms with Crippen LogP contribution in [0.25, 0.3) is 11.1 Å². The molecule has 0 aliphatic carbocycles. The first-order valence-corrected chi connectivity index (χ1v) is 14.5. The van der Waals surface area contributed by atoms with E-state index in [1.807, 2.05) is 43.4 Å². The molecule has 8 nitrogen and oxygen atoms in total. The number of para-hydroxylation sites is 1. The standard InChI is InChI=1S/C32H35ClN6O2/c1-37(30-8-3-2-7-29(30)23-5-4-6-24(33)19-23)31-9-12-34-32(36-31)35-25-20-26(38-13-10-28(40)11-14-38)22-27(21-25)39-15-17-41-18-16-39/h2-9,12,19-22,28,40H,10-11,13-18H2,1H3,(H,34,35,36). The summed E-state index contributed by atoms with van der Waals surface area (Å²) in [5.74, 6) is 1.29. The van der Waals surface area contributed by atoms with Gasteiger partial charge in [-0.05, 0) is 60.9 Å². The molecule has 0 amide bonds. The molecular formula is C32H35ClN6O2. The van der Waals surface area contributed by atoms with Crippen molar-refractivity contribution in [3.05, 3.63) is 84.0 Å². The smallest absolute Gasteiger partial charge is 0.229 e. The average Bonchev–Trinajstić information content (AvgIpc) is 3.01. The van der Waals surface area contributed by atoms with Gasteiger partial charge in [-0.2, -0.15) is 4.98 Å². The molecule has 212 valence electrons. The highest BCUT2D eigenvalue weighted by atomic mass is 35.5. The van der Waals surface area contributed by atoms with Gasteiger partial charge in [0.25, 0.3) is 0 Å². The molecule has 2 fully saturated rings. The summed E-state index contributed by atoms with van der Waals surface area (Å²) in [6, 6.07) is 24.6. The Morgan fingerprint density at radius 2 is 1.63 bits per heavy atom. The Labute approximate surface area is 246 Å². The van der Waals surface area contributed by atoms with Crippen LogP contribution in [0.15, 0.2) is 79.0 Å². The fraction of sp³-hybridized carbons (Fsp3) is 0.312. The summed E-state index contributed by atoms with van der Waals surface area (Å²) in [4.78, 5) is 16.2. The first kappa shape index (κ1) is 27.3. The van der Waals surface area contributed by atoms with Crippen LogP contribution in [-0.4, -0.2) is 67.6 Å². The molecule has 0 spiro atoms. The van der Waals surface area contributed by atoms with Crippen LogP contribution in [0.4, 0.5) is 34.5 Å². The van der Waals surface area contributed by atoms with E-state index in [0.717, 1.165) is 91.9 Å². The monoisotopic (exact) mass is 570 g/mol. The van der Waals surface area contributed by atoms with Gasteiger partial charge in [-0.15, -0.1) is 0 Å². The molecular weight excluding hydrogens is 536 g/mol.